The van der Waals surface area contributed by atoms with Gasteiger partial charge < -0.3 is 5.11 Å². The van der Waals surface area contributed by atoms with E-state index in [2.05, 4.69) is 17.8 Å². The van der Waals surface area contributed by atoms with Crippen LogP contribution in [0.5, 0.6) is 5.75 Å². The molecule has 0 radical (unpaired) electrons. The Morgan fingerprint density at radius 2 is 0.970 bits per heavy atom. The van der Waals surface area contributed by atoms with Crippen molar-refractivity contribution in [2.75, 3.05) is 6.54 Å². The molecule has 1 aromatic rings. The van der Waals surface area contributed by atoms with Crippen LogP contribution < -0.4 is 10.9 Å². The molecule has 0 aliphatic heterocycles. The van der Waals surface area contributed by atoms with Gasteiger partial charge in [0.2, 0.25) is 0 Å². The number of phenolic OH excluding ortho intramolecular Hbond substituents is 1. The van der Waals surface area contributed by atoms with Gasteiger partial charge in [-0.3, -0.25) is 10.2 Å². The van der Waals surface area contributed by atoms with Crippen molar-refractivity contribution in [3.8, 4) is 5.75 Å². The van der Waals surface area contributed by atoms with Crippen LogP contribution in [0.1, 0.15) is 146 Å². The second-order valence-corrected chi connectivity index (χ2v) is 9.65. The molecule has 3 N–H and O–H groups in total. The van der Waals surface area contributed by atoms with Crippen molar-refractivity contribution in [1.29, 1.82) is 0 Å². The minimum absolute atomic E-state index is 0.164. The molecular weight excluding hydrogens is 408 g/mol. The van der Waals surface area contributed by atoms with E-state index in [9.17, 15) is 9.90 Å². The minimum Gasteiger partial charge on any atom is -0.508 e. The van der Waals surface area contributed by atoms with E-state index in [4.69, 9.17) is 0 Å². The molecule has 1 amide bonds. The zero-order valence-electron chi connectivity index (χ0n) is 21.5. The highest BCUT2D eigenvalue weighted by molar-refractivity contribution is 5.93. The summed E-state index contributed by atoms with van der Waals surface area (Å²) in [5, 5.41) is 9.25. The zero-order chi connectivity index (χ0) is 23.8. The first-order chi connectivity index (χ1) is 16.2. The normalized spacial score (nSPS) is 11.1. The van der Waals surface area contributed by atoms with Gasteiger partial charge in [0, 0.05) is 12.1 Å². The molecule has 0 unspecified atom stereocenters. The van der Waals surface area contributed by atoms with Crippen LogP contribution in [-0.4, -0.2) is 17.6 Å². The Kier molecular flexibility index (Phi) is 19.9. The smallest absolute Gasteiger partial charge is 0.265 e. The fraction of sp³-hybridized carbons (Fsp3) is 0.759. The maximum atomic E-state index is 11.9. The van der Waals surface area contributed by atoms with E-state index in [1.54, 1.807) is 12.1 Å². The molecule has 1 rings (SSSR count). The molecule has 33 heavy (non-hydrogen) atoms. The minimum atomic E-state index is -0.164. The van der Waals surface area contributed by atoms with Crippen LogP contribution in [-0.2, 0) is 0 Å². The molecule has 4 heteroatoms. The topological polar surface area (TPSA) is 61.4 Å². The van der Waals surface area contributed by atoms with Gasteiger partial charge in [-0.1, -0.05) is 129 Å². The number of rotatable bonds is 23. The summed E-state index contributed by atoms with van der Waals surface area (Å²) < 4.78 is 0. The number of hydrogen-bond donors (Lipinski definition) is 3. The van der Waals surface area contributed by atoms with Crippen LogP contribution in [0.2, 0.25) is 0 Å². The average molecular weight is 461 g/mol. The van der Waals surface area contributed by atoms with Crippen LogP contribution in [0.3, 0.4) is 0 Å². The van der Waals surface area contributed by atoms with Crippen molar-refractivity contribution >= 4 is 5.91 Å². The van der Waals surface area contributed by atoms with Crippen LogP contribution in [0.25, 0.3) is 0 Å². The van der Waals surface area contributed by atoms with Gasteiger partial charge in [-0.25, -0.2) is 5.43 Å². The largest absolute Gasteiger partial charge is 0.508 e. The number of amides is 1. The predicted molar refractivity (Wildman–Crippen MR) is 142 cm³/mol. The average Bonchev–Trinajstić information content (AvgIpc) is 2.82. The van der Waals surface area contributed by atoms with Crippen LogP contribution in [0.15, 0.2) is 24.3 Å². The van der Waals surface area contributed by atoms with Crippen molar-refractivity contribution < 1.29 is 9.90 Å². The van der Waals surface area contributed by atoms with E-state index in [0.717, 1.165) is 13.0 Å². The van der Waals surface area contributed by atoms with Crippen LogP contribution >= 0.6 is 0 Å². The Morgan fingerprint density at radius 3 is 1.36 bits per heavy atom. The Labute approximate surface area is 204 Å². The summed E-state index contributed by atoms with van der Waals surface area (Å²) in [5.41, 5.74) is 6.25. The van der Waals surface area contributed by atoms with Crippen molar-refractivity contribution in [3.63, 3.8) is 0 Å². The number of unbranched alkanes of at least 4 members (excludes halogenated alkanes) is 19. The third-order valence-electron chi connectivity index (χ3n) is 6.49. The molecule has 0 aliphatic rings. The zero-order valence-corrected chi connectivity index (χ0v) is 21.5. The highest BCUT2D eigenvalue weighted by atomic mass is 16.3. The Balaban J connectivity index is 1.72. The van der Waals surface area contributed by atoms with Crippen LogP contribution in [0.4, 0.5) is 0 Å². The van der Waals surface area contributed by atoms with Crippen molar-refractivity contribution in [1.82, 2.24) is 10.9 Å². The lowest BCUT2D eigenvalue weighted by Gasteiger charge is -2.07. The van der Waals surface area contributed by atoms with Crippen LogP contribution in [0, 0.1) is 0 Å². The monoisotopic (exact) mass is 460 g/mol. The summed E-state index contributed by atoms with van der Waals surface area (Å²) in [5.74, 6) is 0.00650. The van der Waals surface area contributed by atoms with E-state index in [1.807, 2.05) is 0 Å². The van der Waals surface area contributed by atoms with Gasteiger partial charge in [0.25, 0.3) is 5.91 Å². The third-order valence-corrected chi connectivity index (χ3v) is 6.49. The number of carbonyl (C=O) groups is 1. The summed E-state index contributed by atoms with van der Waals surface area (Å²) in [7, 11) is 0. The molecule has 0 aromatic heterocycles. The standard InChI is InChI=1S/C29H52N2O2/c1-2-3-4-5-6-7-8-9-10-11-12-13-14-15-16-17-18-19-20-21-26-30-31-29(33)27-22-24-28(32)25-23-27/h22-25,30,32H,2-21,26H2,1H3,(H,31,33). The predicted octanol–water partition coefficient (Wildman–Crippen LogP) is 8.45. The Morgan fingerprint density at radius 1 is 0.606 bits per heavy atom. The second kappa shape index (κ2) is 22.3. The summed E-state index contributed by atoms with van der Waals surface area (Å²) in [6, 6.07) is 6.27. The van der Waals surface area contributed by atoms with Gasteiger partial charge >= 0.3 is 0 Å². The molecule has 0 fully saturated rings. The summed E-state index contributed by atoms with van der Waals surface area (Å²) in [6.07, 6.45) is 27.7. The molecule has 0 saturated heterocycles. The quantitative estimate of drug-likeness (QED) is 0.113. The lowest BCUT2D eigenvalue weighted by atomic mass is 10.0. The second-order valence-electron chi connectivity index (χ2n) is 9.65. The number of carbonyl (C=O) groups excluding carboxylic acids is 1. The van der Waals surface area contributed by atoms with Gasteiger partial charge in [0.05, 0.1) is 0 Å². The molecule has 190 valence electrons. The Bertz CT molecular complexity index is 559. The molecular formula is C29H52N2O2. The highest BCUT2D eigenvalue weighted by Crippen LogP contribution is 2.15. The molecule has 1 aromatic carbocycles. The van der Waals surface area contributed by atoms with Crippen molar-refractivity contribution in [2.45, 2.75) is 135 Å². The maximum Gasteiger partial charge on any atom is 0.265 e. The van der Waals surface area contributed by atoms with Gasteiger partial charge in [0.1, 0.15) is 5.75 Å². The molecule has 0 bridgehead atoms. The van der Waals surface area contributed by atoms with Crippen molar-refractivity contribution in [2.24, 2.45) is 0 Å². The number of phenols is 1. The lowest BCUT2D eigenvalue weighted by molar-refractivity contribution is 0.0933. The summed E-state index contributed by atoms with van der Waals surface area (Å²) in [4.78, 5) is 11.9. The first-order valence-electron chi connectivity index (χ1n) is 14.1. The fourth-order valence-electron chi connectivity index (χ4n) is 4.30. The van der Waals surface area contributed by atoms with E-state index in [-0.39, 0.29) is 11.7 Å². The van der Waals surface area contributed by atoms with Crippen molar-refractivity contribution in [3.05, 3.63) is 29.8 Å². The summed E-state index contributed by atoms with van der Waals surface area (Å²) in [6.45, 7) is 3.08. The highest BCUT2D eigenvalue weighted by Gasteiger charge is 2.03. The Hall–Kier alpha value is -1.55. The summed E-state index contributed by atoms with van der Waals surface area (Å²) >= 11 is 0. The molecule has 4 nitrogen and oxygen atoms in total. The maximum absolute atomic E-state index is 11.9. The fourth-order valence-corrected chi connectivity index (χ4v) is 4.30. The van der Waals surface area contributed by atoms with E-state index in [0.29, 0.717) is 5.56 Å². The van der Waals surface area contributed by atoms with E-state index in [1.165, 1.54) is 134 Å². The first-order valence-corrected chi connectivity index (χ1v) is 14.1. The number of benzene rings is 1. The van der Waals surface area contributed by atoms with E-state index < -0.39 is 0 Å². The van der Waals surface area contributed by atoms with Gasteiger partial charge in [-0.2, -0.15) is 0 Å². The first kappa shape index (κ1) is 29.5. The molecule has 0 saturated carbocycles. The molecule has 0 atom stereocenters. The number of hydrogen-bond acceptors (Lipinski definition) is 3. The SMILES string of the molecule is CCCCCCCCCCCCCCCCCCCCCCNNC(=O)c1ccc(O)cc1. The molecule has 0 aliphatic carbocycles. The lowest BCUT2D eigenvalue weighted by Crippen LogP contribution is -2.37. The molecule has 0 heterocycles. The molecule has 0 spiro atoms. The van der Waals surface area contributed by atoms with Gasteiger partial charge in [-0.15, -0.1) is 0 Å². The number of hydrazine groups is 1. The van der Waals surface area contributed by atoms with Gasteiger partial charge in [0.15, 0.2) is 0 Å². The van der Waals surface area contributed by atoms with Gasteiger partial charge in [-0.05, 0) is 30.7 Å². The number of nitrogens with one attached hydrogen (secondary N) is 2. The van der Waals surface area contributed by atoms with E-state index >= 15 is 0 Å². The third kappa shape index (κ3) is 18.6. The number of aromatic hydroxyl groups is 1.